The zero-order valence-electron chi connectivity index (χ0n) is 24.2. The molecule has 0 unspecified atom stereocenters. The minimum atomic E-state index is -3.69. The van der Waals surface area contributed by atoms with Crippen LogP contribution in [0.2, 0.25) is 0 Å². The summed E-state index contributed by atoms with van der Waals surface area (Å²) in [4.78, 5) is 22.8. The molecule has 0 saturated heterocycles. The van der Waals surface area contributed by atoms with Crippen molar-refractivity contribution in [3.63, 3.8) is 0 Å². The third-order valence-electron chi connectivity index (χ3n) is 6.76. The second kappa shape index (κ2) is 12.8. The number of carbonyl (C=O) groups is 1. The summed E-state index contributed by atoms with van der Waals surface area (Å²) in [5.41, 5.74) is 1.15. The lowest BCUT2D eigenvalue weighted by Crippen LogP contribution is -2.39. The van der Waals surface area contributed by atoms with E-state index in [1.54, 1.807) is 21.3 Å². The van der Waals surface area contributed by atoms with Gasteiger partial charge >= 0.3 is 0 Å². The van der Waals surface area contributed by atoms with E-state index < -0.39 is 10.0 Å². The molecule has 0 radical (unpaired) electrons. The number of ether oxygens (including phenoxy) is 2. The molecule has 2 heterocycles. The van der Waals surface area contributed by atoms with Gasteiger partial charge in [-0.1, -0.05) is 52.9 Å². The van der Waals surface area contributed by atoms with Crippen molar-refractivity contribution >= 4 is 42.6 Å². The molecule has 1 aromatic heterocycles. The number of rotatable bonds is 13. The summed E-state index contributed by atoms with van der Waals surface area (Å²) in [6.45, 7) is 16.2. The Bertz CT molecular complexity index is 1370. The van der Waals surface area contributed by atoms with E-state index in [0.29, 0.717) is 48.4 Å². The van der Waals surface area contributed by atoms with Gasteiger partial charge in [-0.25, -0.2) is 13.4 Å². The highest BCUT2D eigenvalue weighted by atomic mass is 32.2. The molecule has 0 atom stereocenters. The molecule has 4 rings (SSSR count). The molecular formula is C29H40N4O5S2. The van der Waals surface area contributed by atoms with E-state index >= 15 is 0 Å². The minimum Gasteiger partial charge on any atom is -0.454 e. The number of likely N-dealkylation sites (N-methyl/N-ethyl adjacent to an activating group) is 1. The SMILES string of the molecule is CCN(CC)CCN(C(=O)c1ccc(S(=O)(=O)N(CC(C)C)CC(C)C)cc1)c1nc2cc3c(cc2s1)OCO3. The van der Waals surface area contributed by atoms with Gasteiger partial charge in [0.1, 0.15) is 0 Å². The average molecular weight is 589 g/mol. The monoisotopic (exact) mass is 588 g/mol. The lowest BCUT2D eigenvalue weighted by atomic mass is 10.2. The number of fused-ring (bicyclic) bond motifs is 2. The number of sulfonamides is 1. The zero-order chi connectivity index (χ0) is 29.0. The Kier molecular flexibility index (Phi) is 9.71. The Balaban J connectivity index is 1.63. The van der Waals surface area contributed by atoms with Crippen molar-refractivity contribution in [1.82, 2.24) is 14.2 Å². The molecule has 0 saturated carbocycles. The van der Waals surface area contributed by atoms with Crippen LogP contribution in [0.3, 0.4) is 0 Å². The fraction of sp³-hybridized carbons (Fsp3) is 0.517. The first-order valence-electron chi connectivity index (χ1n) is 13.9. The summed E-state index contributed by atoms with van der Waals surface area (Å²) in [5.74, 6) is 1.48. The molecule has 2 aromatic carbocycles. The zero-order valence-corrected chi connectivity index (χ0v) is 25.8. The molecule has 40 heavy (non-hydrogen) atoms. The van der Waals surface area contributed by atoms with Gasteiger partial charge in [-0.05, 0) is 49.2 Å². The number of carbonyl (C=O) groups excluding carboxylic acids is 1. The molecule has 218 valence electrons. The van der Waals surface area contributed by atoms with Crippen LogP contribution in [0.15, 0.2) is 41.3 Å². The number of nitrogens with zero attached hydrogens (tertiary/aromatic N) is 4. The van der Waals surface area contributed by atoms with Crippen molar-refractivity contribution in [2.24, 2.45) is 11.8 Å². The molecule has 0 N–H and O–H groups in total. The van der Waals surface area contributed by atoms with Gasteiger partial charge in [0, 0.05) is 43.9 Å². The van der Waals surface area contributed by atoms with Crippen molar-refractivity contribution in [2.75, 3.05) is 51.0 Å². The van der Waals surface area contributed by atoms with Gasteiger partial charge in [0.2, 0.25) is 16.8 Å². The molecule has 11 heteroatoms. The van der Waals surface area contributed by atoms with Gasteiger partial charge in [-0.15, -0.1) is 0 Å². The summed E-state index contributed by atoms with van der Waals surface area (Å²) >= 11 is 1.42. The molecule has 3 aromatic rings. The van der Waals surface area contributed by atoms with Crippen molar-refractivity contribution in [3.05, 3.63) is 42.0 Å². The second-order valence-corrected chi connectivity index (χ2v) is 13.7. The third-order valence-corrected chi connectivity index (χ3v) is 9.65. The number of amides is 1. The van der Waals surface area contributed by atoms with Gasteiger partial charge in [0.15, 0.2) is 16.6 Å². The smallest absolute Gasteiger partial charge is 0.260 e. The topological polar surface area (TPSA) is 92.3 Å². The van der Waals surface area contributed by atoms with E-state index in [0.717, 1.165) is 23.3 Å². The van der Waals surface area contributed by atoms with Crippen LogP contribution in [0.25, 0.3) is 10.2 Å². The molecular weight excluding hydrogens is 548 g/mol. The maximum absolute atomic E-state index is 13.9. The standard InChI is InChI=1S/C29H40N4O5S2/c1-7-31(8-2)13-14-33(29-30-24-15-25-26(38-19-37-25)16-27(24)39-29)28(34)22-9-11-23(12-10-22)40(35,36)32(17-20(3)4)18-21(5)6/h9-12,15-16,20-21H,7-8,13-14,17-19H2,1-6H3. The molecule has 9 nitrogen and oxygen atoms in total. The maximum Gasteiger partial charge on any atom is 0.260 e. The Morgan fingerprint density at radius 2 is 1.55 bits per heavy atom. The number of aromatic nitrogens is 1. The molecule has 0 aliphatic carbocycles. The third kappa shape index (κ3) is 6.76. The summed E-state index contributed by atoms with van der Waals surface area (Å²) in [6, 6.07) is 10.0. The van der Waals surface area contributed by atoms with E-state index in [9.17, 15) is 13.2 Å². The molecule has 0 fully saturated rings. The minimum absolute atomic E-state index is 0.187. The van der Waals surface area contributed by atoms with Crippen LogP contribution in [0.1, 0.15) is 51.9 Å². The first kappa shape index (κ1) is 30.2. The van der Waals surface area contributed by atoms with Gasteiger partial charge in [0.25, 0.3) is 5.91 Å². The first-order chi connectivity index (χ1) is 19.0. The normalized spacial score (nSPS) is 13.3. The van der Waals surface area contributed by atoms with E-state index in [1.807, 2.05) is 39.8 Å². The summed E-state index contributed by atoms with van der Waals surface area (Å²) in [6.07, 6.45) is 0. The second-order valence-electron chi connectivity index (χ2n) is 10.8. The first-order valence-corrected chi connectivity index (χ1v) is 16.1. The van der Waals surface area contributed by atoms with Crippen LogP contribution in [0, 0.1) is 11.8 Å². The van der Waals surface area contributed by atoms with Crippen LogP contribution in [-0.2, 0) is 10.0 Å². The number of benzene rings is 2. The number of hydrogen-bond donors (Lipinski definition) is 0. The number of hydrogen-bond acceptors (Lipinski definition) is 8. The lowest BCUT2D eigenvalue weighted by molar-refractivity contribution is 0.0983. The van der Waals surface area contributed by atoms with Crippen LogP contribution < -0.4 is 14.4 Å². The average Bonchev–Trinajstić information content (AvgIpc) is 3.54. The Labute approximate surface area is 241 Å². The van der Waals surface area contributed by atoms with Crippen LogP contribution >= 0.6 is 11.3 Å². The summed E-state index contributed by atoms with van der Waals surface area (Å²) in [7, 11) is -3.69. The van der Waals surface area contributed by atoms with Crippen LogP contribution in [-0.4, -0.2) is 74.6 Å². The fourth-order valence-corrected chi connectivity index (χ4v) is 7.41. The highest BCUT2D eigenvalue weighted by molar-refractivity contribution is 7.89. The predicted octanol–water partition coefficient (Wildman–Crippen LogP) is 5.32. The highest BCUT2D eigenvalue weighted by Crippen LogP contribution is 2.40. The quantitative estimate of drug-likeness (QED) is 0.267. The van der Waals surface area contributed by atoms with Crippen LogP contribution in [0.4, 0.5) is 5.13 Å². The number of thiazole rings is 1. The van der Waals surface area contributed by atoms with E-state index in [-0.39, 0.29) is 29.4 Å². The molecule has 0 spiro atoms. The van der Waals surface area contributed by atoms with E-state index in [1.165, 1.54) is 23.5 Å². The van der Waals surface area contributed by atoms with Gasteiger partial charge in [0.05, 0.1) is 15.1 Å². The lowest BCUT2D eigenvalue weighted by Gasteiger charge is -2.26. The molecule has 0 bridgehead atoms. The van der Waals surface area contributed by atoms with Crippen molar-refractivity contribution < 1.29 is 22.7 Å². The maximum atomic E-state index is 13.9. The van der Waals surface area contributed by atoms with Crippen molar-refractivity contribution in [1.29, 1.82) is 0 Å². The van der Waals surface area contributed by atoms with Gasteiger partial charge < -0.3 is 14.4 Å². The van der Waals surface area contributed by atoms with Gasteiger partial charge in [-0.2, -0.15) is 4.31 Å². The molecule has 1 aliphatic rings. The summed E-state index contributed by atoms with van der Waals surface area (Å²) < 4.78 is 40.4. The Morgan fingerprint density at radius 1 is 0.950 bits per heavy atom. The van der Waals surface area contributed by atoms with Gasteiger partial charge in [-0.3, -0.25) is 9.69 Å². The molecule has 1 amide bonds. The highest BCUT2D eigenvalue weighted by Gasteiger charge is 2.28. The number of anilines is 1. The van der Waals surface area contributed by atoms with Crippen molar-refractivity contribution in [3.8, 4) is 11.5 Å². The Hall–Kier alpha value is -2.73. The predicted molar refractivity (Wildman–Crippen MR) is 160 cm³/mol. The molecule has 1 aliphatic heterocycles. The van der Waals surface area contributed by atoms with Crippen molar-refractivity contribution in [2.45, 2.75) is 46.4 Å². The summed E-state index contributed by atoms with van der Waals surface area (Å²) in [5, 5.41) is 0.576. The largest absolute Gasteiger partial charge is 0.454 e. The fourth-order valence-electron chi connectivity index (χ4n) is 4.65. The Morgan fingerprint density at radius 3 is 2.12 bits per heavy atom. The van der Waals surface area contributed by atoms with E-state index in [2.05, 4.69) is 18.7 Å². The van der Waals surface area contributed by atoms with Crippen LogP contribution in [0.5, 0.6) is 11.5 Å². The van der Waals surface area contributed by atoms with E-state index in [4.69, 9.17) is 14.5 Å².